The predicted molar refractivity (Wildman–Crippen MR) is 192 cm³/mol. The van der Waals surface area contributed by atoms with Crippen LogP contribution in [0.3, 0.4) is 0 Å². The Morgan fingerprint density at radius 2 is 1.24 bits per heavy atom. The first-order valence-corrected chi connectivity index (χ1v) is 17.5. The molecule has 2 aliphatic rings. The first kappa shape index (κ1) is 35.0. The number of carbonyl (C=O) groups excluding carboxylic acids is 2. The molecule has 12 heteroatoms. The lowest BCUT2D eigenvalue weighted by Gasteiger charge is -2.27. The van der Waals surface area contributed by atoms with Gasteiger partial charge in [-0.25, -0.2) is 15.0 Å². The summed E-state index contributed by atoms with van der Waals surface area (Å²) in [7, 11) is 1.40. The number of imidazole rings is 2. The van der Waals surface area contributed by atoms with Gasteiger partial charge < -0.3 is 30.4 Å². The van der Waals surface area contributed by atoms with Gasteiger partial charge in [0.05, 0.1) is 49.0 Å². The molecule has 50 heavy (non-hydrogen) atoms. The number of nitrogens with two attached hydrogens (primary N) is 1. The van der Waals surface area contributed by atoms with Crippen molar-refractivity contribution in [2.45, 2.75) is 77.5 Å². The average Bonchev–Trinajstić information content (AvgIpc) is 3.95. The summed E-state index contributed by atoms with van der Waals surface area (Å²) in [4.78, 5) is 60.3. The van der Waals surface area contributed by atoms with E-state index in [1.54, 1.807) is 0 Å². The van der Waals surface area contributed by atoms with E-state index in [1.165, 1.54) is 13.5 Å². The number of hydrogen-bond acceptors (Lipinski definition) is 8. The fourth-order valence-electron chi connectivity index (χ4n) is 6.92. The topological polar surface area (TPSA) is 155 Å². The number of hydrogen-bond donors (Lipinski definition) is 3. The summed E-state index contributed by atoms with van der Waals surface area (Å²) in [6, 6.07) is 15.5. The number of benzene rings is 2. The highest BCUT2D eigenvalue weighted by atomic mass is 17.2. The van der Waals surface area contributed by atoms with Gasteiger partial charge in [-0.3, -0.25) is 9.59 Å². The van der Waals surface area contributed by atoms with Gasteiger partial charge in [-0.15, -0.1) is 0 Å². The molecule has 0 radical (unpaired) electrons. The lowest BCUT2D eigenvalue weighted by Crippen LogP contribution is -2.46. The van der Waals surface area contributed by atoms with Gasteiger partial charge >= 0.3 is 0 Å². The maximum Gasteiger partial charge on any atom is 0.248 e. The van der Waals surface area contributed by atoms with Crippen LogP contribution in [0.5, 0.6) is 0 Å². The lowest BCUT2D eigenvalue weighted by molar-refractivity contribution is -0.188. The Morgan fingerprint density at radius 1 is 0.780 bits per heavy atom. The normalized spacial score (nSPS) is 19.2. The van der Waals surface area contributed by atoms with Crippen molar-refractivity contribution in [1.82, 2.24) is 29.7 Å². The zero-order valence-corrected chi connectivity index (χ0v) is 29.5. The Labute approximate surface area is 293 Å². The van der Waals surface area contributed by atoms with Gasteiger partial charge in [-0.1, -0.05) is 76.2 Å². The molecule has 2 amide bonds. The number of carbonyl (C=O) groups is 2. The summed E-state index contributed by atoms with van der Waals surface area (Å²) >= 11 is 0. The van der Waals surface area contributed by atoms with Crippen molar-refractivity contribution in [2.24, 2.45) is 22.6 Å². The van der Waals surface area contributed by atoms with Gasteiger partial charge in [0, 0.05) is 13.1 Å². The molecule has 4 heterocycles. The minimum Gasteiger partial charge on any atom is -0.340 e. The number of rotatable bonds is 12. The largest absolute Gasteiger partial charge is 0.340 e. The molecule has 4 atom stereocenters. The van der Waals surface area contributed by atoms with Crippen LogP contribution < -0.4 is 5.73 Å². The van der Waals surface area contributed by atoms with Crippen molar-refractivity contribution in [3.05, 3.63) is 72.6 Å². The summed E-state index contributed by atoms with van der Waals surface area (Å²) in [5.41, 5.74) is 12.2. The van der Waals surface area contributed by atoms with E-state index in [0.29, 0.717) is 13.1 Å². The van der Waals surface area contributed by atoms with Gasteiger partial charge in [0.15, 0.2) is 0 Å². The molecule has 264 valence electrons. The number of nitrogens with zero attached hydrogens (tertiary/aromatic N) is 5. The molecule has 0 aliphatic carbocycles. The Balaban J connectivity index is 1.11. The smallest absolute Gasteiger partial charge is 0.248 e. The monoisotopic (exact) mass is 680 g/mol. The van der Waals surface area contributed by atoms with E-state index in [-0.39, 0.29) is 35.7 Å². The predicted octanol–water partition coefficient (Wildman–Crippen LogP) is 6.08. The molecule has 2 aromatic heterocycles. The van der Waals surface area contributed by atoms with Crippen molar-refractivity contribution in [3.63, 3.8) is 0 Å². The number of H-pyrrole nitrogens is 2. The van der Waals surface area contributed by atoms with Gasteiger partial charge in [0.1, 0.15) is 17.7 Å². The van der Waals surface area contributed by atoms with Gasteiger partial charge in [-0.05, 0) is 59.8 Å². The van der Waals surface area contributed by atoms with E-state index in [9.17, 15) is 9.59 Å². The average molecular weight is 681 g/mol. The van der Waals surface area contributed by atoms with Crippen molar-refractivity contribution < 1.29 is 19.4 Å². The molecule has 12 nitrogen and oxygen atoms in total. The molecule has 0 bridgehead atoms. The molecule has 2 fully saturated rings. The lowest BCUT2D eigenvalue weighted by atomic mass is 10.0. The van der Waals surface area contributed by atoms with Crippen molar-refractivity contribution >= 4 is 18.2 Å². The molecule has 0 saturated carbocycles. The van der Waals surface area contributed by atoms with Gasteiger partial charge in [0.2, 0.25) is 18.2 Å². The summed E-state index contributed by atoms with van der Waals surface area (Å²) in [5, 5.41) is 0. The number of nitrogens with one attached hydrogen (secondary N) is 2. The summed E-state index contributed by atoms with van der Waals surface area (Å²) in [5.74, 6) is 1.62. The van der Waals surface area contributed by atoms with Crippen molar-refractivity contribution in [1.29, 1.82) is 0 Å². The fraction of sp³-hybridized carbons (Fsp3) is 0.447. The molecule has 4 N–H and O–H groups in total. The minimum atomic E-state index is -0.562. The molecular formula is C38H48N8O4. The van der Waals surface area contributed by atoms with E-state index in [2.05, 4.69) is 73.4 Å². The highest BCUT2D eigenvalue weighted by molar-refractivity contribution is 5.84. The quantitative estimate of drug-likeness (QED) is 0.0710. The Hall–Kier alpha value is -4.81. The third-order valence-corrected chi connectivity index (χ3v) is 9.87. The van der Waals surface area contributed by atoms with E-state index >= 15 is 0 Å². The molecule has 0 spiro atoms. The van der Waals surface area contributed by atoms with Crippen LogP contribution in [-0.4, -0.2) is 80.2 Å². The third kappa shape index (κ3) is 7.36. The van der Waals surface area contributed by atoms with E-state index in [1.807, 2.05) is 49.9 Å². The first-order chi connectivity index (χ1) is 24.2. The highest BCUT2D eigenvalue weighted by Gasteiger charge is 2.37. The third-order valence-electron chi connectivity index (χ3n) is 9.87. The van der Waals surface area contributed by atoms with E-state index in [4.69, 9.17) is 15.6 Å². The maximum atomic E-state index is 13.5. The Kier molecular flexibility index (Phi) is 10.8. The molecule has 2 aromatic carbocycles. The molecular weight excluding hydrogens is 632 g/mol. The molecule has 2 aliphatic heterocycles. The zero-order valence-electron chi connectivity index (χ0n) is 29.5. The zero-order chi connectivity index (χ0) is 35.4. The molecule has 2 saturated heterocycles. The summed E-state index contributed by atoms with van der Waals surface area (Å²) in [6.45, 7) is 9.25. The molecule has 4 aromatic rings. The standard InChI is InChI=1S/C38H48N8O4/c1-23(2)33(39)37(47)45-18-6-8-31(45)35-40-20-29(43-35)27-14-10-25(11-15-27)26-12-16-28(17-13-26)30-21-41-36(44-30)32-9-7-19-46(32)38(48)34(24(3)4)42-22-50-49-5/h10-17,20-24,31-34H,6-9,18-19,39H2,1-5H3,(H,40,43)(H,41,44)/b42-22-/t31-,32-,33-,34-/m0/s1. The minimum absolute atomic E-state index is 0.00131. The number of likely N-dealkylation sites (tertiary alicyclic amines) is 2. The van der Waals surface area contributed by atoms with Crippen LogP contribution in [-0.2, 0) is 19.4 Å². The van der Waals surface area contributed by atoms with Crippen LogP contribution in [0.1, 0.15) is 77.1 Å². The van der Waals surface area contributed by atoms with Crippen molar-refractivity contribution in [2.75, 3.05) is 20.2 Å². The van der Waals surface area contributed by atoms with E-state index < -0.39 is 12.1 Å². The SMILES string of the molecule is COO/C=N\[C@H](C(=O)N1CCC[C@H]1c1ncc(-c2ccc(-c3ccc(-c4cnc([C@@H]5CCCN5C(=O)[C@@H](N)C(C)C)[nH]4)cc3)cc2)[nH]1)C(C)C. The van der Waals surface area contributed by atoms with Crippen LogP contribution in [0.2, 0.25) is 0 Å². The van der Waals surface area contributed by atoms with Gasteiger partial charge in [0.25, 0.3) is 0 Å². The highest BCUT2D eigenvalue weighted by Crippen LogP contribution is 2.35. The van der Waals surface area contributed by atoms with Gasteiger partial charge in [-0.2, -0.15) is 4.89 Å². The van der Waals surface area contributed by atoms with Crippen LogP contribution in [0.25, 0.3) is 33.6 Å². The Bertz CT molecular complexity index is 1780. The number of aliphatic imine (C=N–C) groups is 1. The Morgan fingerprint density at radius 3 is 1.68 bits per heavy atom. The van der Waals surface area contributed by atoms with Crippen molar-refractivity contribution in [3.8, 4) is 33.6 Å². The van der Waals surface area contributed by atoms with Crippen LogP contribution in [0, 0.1) is 11.8 Å². The van der Waals surface area contributed by atoms with Crippen LogP contribution in [0.15, 0.2) is 65.9 Å². The molecule has 6 rings (SSSR count). The fourth-order valence-corrected chi connectivity index (χ4v) is 6.92. The second-order valence-electron chi connectivity index (χ2n) is 13.9. The first-order valence-electron chi connectivity index (χ1n) is 17.5. The van der Waals surface area contributed by atoms with Crippen LogP contribution >= 0.6 is 0 Å². The summed E-state index contributed by atoms with van der Waals surface area (Å²) in [6.07, 6.45) is 8.41. The second kappa shape index (κ2) is 15.4. The number of aromatic amines is 2. The maximum absolute atomic E-state index is 13.5. The van der Waals surface area contributed by atoms with E-state index in [0.717, 1.165) is 71.0 Å². The number of aromatic nitrogens is 4. The number of amides is 2. The molecule has 0 unspecified atom stereocenters. The summed E-state index contributed by atoms with van der Waals surface area (Å²) < 4.78 is 0. The van der Waals surface area contributed by atoms with Crippen LogP contribution in [0.4, 0.5) is 0 Å². The second-order valence-corrected chi connectivity index (χ2v) is 13.9.